The highest BCUT2D eigenvalue weighted by molar-refractivity contribution is 6.31. The molecule has 0 aromatic carbocycles. The number of carbonyl (C=O) groups is 1. The van der Waals surface area contributed by atoms with Crippen molar-refractivity contribution in [1.82, 2.24) is 14.5 Å². The Kier molecular flexibility index (Phi) is 1.68. The normalized spacial score (nSPS) is 9.56. The summed E-state index contributed by atoms with van der Waals surface area (Å²) in [5, 5.41) is 6.80. The molecule has 1 rings (SSSR count). The molecule has 0 unspecified atom stereocenters. The van der Waals surface area contributed by atoms with E-state index >= 15 is 0 Å². The summed E-state index contributed by atoms with van der Waals surface area (Å²) in [4.78, 5) is 9.98. The Morgan fingerprint density at radius 3 is 2.44 bits per heavy atom. The smallest absolute Gasteiger partial charge is 0.183 e. The number of carbonyl (C=O) groups excluding carboxylic acids is 1. The van der Waals surface area contributed by atoms with Gasteiger partial charge in [0.1, 0.15) is 0 Å². The zero-order valence-corrected chi connectivity index (χ0v) is 5.60. The van der Waals surface area contributed by atoms with Gasteiger partial charge in [-0.1, -0.05) is 15.9 Å². The average molecular weight is 166 g/mol. The molecular formula is C3HCl2N3O. The van der Waals surface area contributed by atoms with Crippen molar-refractivity contribution < 1.29 is 4.79 Å². The predicted molar refractivity (Wildman–Crippen MR) is 31.7 cm³/mol. The molecule has 0 N–H and O–H groups in total. The molecule has 1 aromatic rings. The zero-order chi connectivity index (χ0) is 6.85. The molecule has 0 bridgehead atoms. The molecule has 6 heteroatoms. The van der Waals surface area contributed by atoms with E-state index < -0.39 is 0 Å². The molecule has 0 aliphatic carbocycles. The van der Waals surface area contributed by atoms with Gasteiger partial charge in [0, 0.05) is 0 Å². The molecule has 0 fully saturated rings. The van der Waals surface area contributed by atoms with E-state index in [1.807, 2.05) is 0 Å². The first-order valence-corrected chi connectivity index (χ1v) is 2.70. The van der Waals surface area contributed by atoms with Crippen LogP contribution in [0.4, 0.5) is 0 Å². The van der Waals surface area contributed by atoms with Gasteiger partial charge in [-0.05, 0) is 0 Å². The van der Waals surface area contributed by atoms with Gasteiger partial charge in [-0.3, -0.25) is 4.79 Å². The lowest BCUT2D eigenvalue weighted by Crippen LogP contribution is -1.84. The SMILES string of the molecule is O=Cc1nn(Cl)nc1Cl. The van der Waals surface area contributed by atoms with Crippen LogP contribution in [0, 0.1) is 0 Å². The minimum absolute atomic E-state index is 0.0139. The highest BCUT2D eigenvalue weighted by Gasteiger charge is 2.04. The standard InChI is InChI=1S/C3HCl2N3O/c4-3-2(1-9)6-8(5)7-3/h1H. The summed E-state index contributed by atoms with van der Waals surface area (Å²) in [5.74, 6) is 0. The Morgan fingerprint density at radius 1 is 1.56 bits per heavy atom. The summed E-state index contributed by atoms with van der Waals surface area (Å²) in [6.07, 6.45) is 0.480. The zero-order valence-electron chi connectivity index (χ0n) is 4.08. The van der Waals surface area contributed by atoms with Gasteiger partial charge in [0.15, 0.2) is 17.1 Å². The number of aromatic nitrogens is 3. The Labute approximate surface area is 60.5 Å². The van der Waals surface area contributed by atoms with E-state index in [0.717, 1.165) is 0 Å². The number of rotatable bonds is 1. The maximum absolute atomic E-state index is 9.98. The molecule has 0 atom stereocenters. The summed E-state index contributed by atoms with van der Waals surface area (Å²) in [6, 6.07) is 0. The Bertz CT molecular complexity index is 233. The van der Waals surface area contributed by atoms with Crippen molar-refractivity contribution in [2.75, 3.05) is 0 Å². The first kappa shape index (κ1) is 6.51. The second-order valence-corrected chi connectivity index (χ2v) is 1.89. The van der Waals surface area contributed by atoms with Gasteiger partial charge < -0.3 is 0 Å². The second-order valence-electron chi connectivity index (χ2n) is 1.23. The number of nitrogens with zero attached hydrogens (tertiary/aromatic N) is 3. The molecule has 0 radical (unpaired) electrons. The van der Waals surface area contributed by atoms with Crippen LogP contribution in [-0.4, -0.2) is 20.8 Å². The summed E-state index contributed by atoms with van der Waals surface area (Å²) < 4.78 is 0.714. The molecular weight excluding hydrogens is 165 g/mol. The van der Waals surface area contributed by atoms with Gasteiger partial charge in [0.25, 0.3) is 0 Å². The van der Waals surface area contributed by atoms with Gasteiger partial charge >= 0.3 is 0 Å². The minimum atomic E-state index is 0.0139. The first-order valence-electron chi connectivity index (χ1n) is 1.98. The van der Waals surface area contributed by atoms with Crippen LogP contribution in [0.15, 0.2) is 0 Å². The van der Waals surface area contributed by atoms with E-state index in [2.05, 4.69) is 10.2 Å². The van der Waals surface area contributed by atoms with Crippen molar-refractivity contribution in [2.24, 2.45) is 0 Å². The van der Waals surface area contributed by atoms with Crippen LogP contribution in [0.25, 0.3) is 0 Å². The number of hydrogen-bond donors (Lipinski definition) is 0. The van der Waals surface area contributed by atoms with E-state index in [1.165, 1.54) is 0 Å². The molecule has 9 heavy (non-hydrogen) atoms. The van der Waals surface area contributed by atoms with Gasteiger partial charge in [-0.2, -0.15) is 0 Å². The Hall–Kier alpha value is -0.610. The second kappa shape index (κ2) is 2.33. The van der Waals surface area contributed by atoms with Crippen molar-refractivity contribution >= 4 is 29.7 Å². The largest absolute Gasteiger partial charge is 0.296 e. The van der Waals surface area contributed by atoms with Crippen LogP contribution in [-0.2, 0) is 0 Å². The molecule has 1 aromatic heterocycles. The molecule has 0 aliphatic rings. The van der Waals surface area contributed by atoms with Gasteiger partial charge in [0.2, 0.25) is 0 Å². The van der Waals surface area contributed by atoms with Crippen molar-refractivity contribution in [3.05, 3.63) is 10.8 Å². The third-order valence-electron chi connectivity index (χ3n) is 0.684. The lowest BCUT2D eigenvalue weighted by atomic mass is 10.5. The van der Waals surface area contributed by atoms with Crippen molar-refractivity contribution in [1.29, 1.82) is 0 Å². The molecule has 0 saturated carbocycles. The molecule has 0 aliphatic heterocycles. The van der Waals surface area contributed by atoms with Crippen LogP contribution in [0.2, 0.25) is 5.15 Å². The highest BCUT2D eigenvalue weighted by Crippen LogP contribution is 2.06. The van der Waals surface area contributed by atoms with Crippen LogP contribution in [0.3, 0.4) is 0 Å². The molecule has 0 amide bonds. The van der Waals surface area contributed by atoms with Gasteiger partial charge in [-0.15, -0.1) is 10.2 Å². The molecule has 0 saturated heterocycles. The number of halogens is 2. The van der Waals surface area contributed by atoms with Crippen LogP contribution in [0.5, 0.6) is 0 Å². The molecule has 0 spiro atoms. The summed E-state index contributed by atoms with van der Waals surface area (Å²) >= 11 is 10.5. The number of hydrogen-bond acceptors (Lipinski definition) is 3. The fourth-order valence-corrected chi connectivity index (χ4v) is 0.698. The average Bonchev–Trinajstić information content (AvgIpc) is 2.10. The monoisotopic (exact) mass is 165 g/mol. The summed E-state index contributed by atoms with van der Waals surface area (Å²) in [7, 11) is 0. The van der Waals surface area contributed by atoms with E-state index in [9.17, 15) is 4.79 Å². The molecule has 48 valence electrons. The maximum Gasteiger partial charge on any atom is 0.183 e. The lowest BCUT2D eigenvalue weighted by Gasteiger charge is -1.71. The Balaban J connectivity index is 3.15. The summed E-state index contributed by atoms with van der Waals surface area (Å²) in [6.45, 7) is 0. The topological polar surface area (TPSA) is 47.8 Å². The van der Waals surface area contributed by atoms with Crippen LogP contribution >= 0.6 is 23.4 Å². The van der Waals surface area contributed by atoms with Crippen molar-refractivity contribution in [3.8, 4) is 0 Å². The first-order chi connectivity index (χ1) is 4.24. The van der Waals surface area contributed by atoms with Gasteiger partial charge in [-0.25, -0.2) is 0 Å². The van der Waals surface area contributed by atoms with Gasteiger partial charge in [0.05, 0.1) is 11.8 Å². The molecule has 1 heterocycles. The van der Waals surface area contributed by atoms with Crippen molar-refractivity contribution in [2.45, 2.75) is 0 Å². The van der Waals surface area contributed by atoms with E-state index in [0.29, 0.717) is 10.6 Å². The van der Waals surface area contributed by atoms with Crippen LogP contribution < -0.4 is 0 Å². The van der Waals surface area contributed by atoms with E-state index in [4.69, 9.17) is 23.4 Å². The lowest BCUT2D eigenvalue weighted by molar-refractivity contribution is 0.111. The third kappa shape index (κ3) is 1.20. The maximum atomic E-state index is 9.98. The fourth-order valence-electron chi connectivity index (χ4n) is 0.348. The molecule has 4 nitrogen and oxygen atoms in total. The predicted octanol–water partition coefficient (Wildman–Crippen LogP) is 0.746. The fraction of sp³-hybridized carbons (Fsp3) is 0. The Morgan fingerprint density at radius 2 is 2.22 bits per heavy atom. The minimum Gasteiger partial charge on any atom is -0.296 e. The summed E-state index contributed by atoms with van der Waals surface area (Å²) in [5.41, 5.74) is 0.0478. The van der Waals surface area contributed by atoms with Crippen molar-refractivity contribution in [3.63, 3.8) is 0 Å². The third-order valence-corrected chi connectivity index (χ3v) is 1.10. The highest BCUT2D eigenvalue weighted by atomic mass is 35.5. The number of aldehydes is 1. The van der Waals surface area contributed by atoms with Crippen LogP contribution in [0.1, 0.15) is 10.5 Å². The van der Waals surface area contributed by atoms with E-state index in [-0.39, 0.29) is 10.8 Å². The van der Waals surface area contributed by atoms with E-state index in [1.54, 1.807) is 0 Å². The quantitative estimate of drug-likeness (QED) is 0.578.